The van der Waals surface area contributed by atoms with Crippen LogP contribution < -0.4 is 5.32 Å². The minimum Gasteiger partial charge on any atom is -0.478 e. The molecule has 5 heteroatoms. The zero-order chi connectivity index (χ0) is 13.0. The van der Waals surface area contributed by atoms with Gasteiger partial charge >= 0.3 is 5.97 Å². The third-order valence-corrected chi connectivity index (χ3v) is 3.02. The van der Waals surface area contributed by atoms with Gasteiger partial charge in [-0.3, -0.25) is 0 Å². The standard InChI is InChI=1S/C13H16FNO3/c14-12-4-3-10(8-11(12)13(16)17)15-9-2-1-6-18-7-5-9/h3-4,8-9,15H,1-2,5-7H2,(H,16,17). The molecule has 0 radical (unpaired) electrons. The van der Waals surface area contributed by atoms with Crippen molar-refractivity contribution in [3.05, 3.63) is 29.6 Å². The number of halogens is 1. The molecule has 0 saturated carbocycles. The average Bonchev–Trinajstić information content (AvgIpc) is 2.60. The monoisotopic (exact) mass is 253 g/mol. The van der Waals surface area contributed by atoms with E-state index in [0.717, 1.165) is 25.9 Å². The topological polar surface area (TPSA) is 58.6 Å². The first-order valence-corrected chi connectivity index (χ1v) is 6.04. The second kappa shape index (κ2) is 5.82. The Morgan fingerprint density at radius 1 is 1.39 bits per heavy atom. The van der Waals surface area contributed by atoms with E-state index in [2.05, 4.69) is 5.32 Å². The van der Waals surface area contributed by atoms with Crippen molar-refractivity contribution in [2.24, 2.45) is 0 Å². The van der Waals surface area contributed by atoms with Gasteiger partial charge in [0.1, 0.15) is 5.82 Å². The Bertz CT molecular complexity index is 428. The number of carboxylic acids is 1. The van der Waals surface area contributed by atoms with Gasteiger partial charge in [-0.25, -0.2) is 9.18 Å². The van der Waals surface area contributed by atoms with Crippen LogP contribution in [0.25, 0.3) is 0 Å². The van der Waals surface area contributed by atoms with E-state index in [0.29, 0.717) is 12.3 Å². The average molecular weight is 253 g/mol. The van der Waals surface area contributed by atoms with Crippen LogP contribution in [-0.4, -0.2) is 30.3 Å². The highest BCUT2D eigenvalue weighted by Crippen LogP contribution is 2.19. The van der Waals surface area contributed by atoms with Crippen LogP contribution in [0.5, 0.6) is 0 Å². The first-order valence-electron chi connectivity index (χ1n) is 6.04. The van der Waals surface area contributed by atoms with Crippen LogP contribution in [-0.2, 0) is 4.74 Å². The molecule has 2 rings (SSSR count). The normalized spacial score (nSPS) is 20.2. The van der Waals surface area contributed by atoms with Crippen molar-refractivity contribution >= 4 is 11.7 Å². The summed E-state index contributed by atoms with van der Waals surface area (Å²) in [4.78, 5) is 10.8. The Hall–Kier alpha value is -1.62. The van der Waals surface area contributed by atoms with Gasteiger partial charge < -0.3 is 15.2 Å². The number of ether oxygens (including phenoxy) is 1. The van der Waals surface area contributed by atoms with Crippen molar-refractivity contribution in [2.45, 2.75) is 25.3 Å². The molecular weight excluding hydrogens is 237 g/mol. The highest BCUT2D eigenvalue weighted by molar-refractivity contribution is 5.89. The Labute approximate surface area is 105 Å². The van der Waals surface area contributed by atoms with Gasteiger partial charge in [-0.15, -0.1) is 0 Å². The number of carbonyl (C=O) groups is 1. The third-order valence-electron chi connectivity index (χ3n) is 3.02. The molecule has 1 aromatic rings. The van der Waals surface area contributed by atoms with Crippen LogP contribution >= 0.6 is 0 Å². The predicted octanol–water partition coefficient (Wildman–Crippen LogP) is 2.50. The quantitative estimate of drug-likeness (QED) is 0.869. The summed E-state index contributed by atoms with van der Waals surface area (Å²) in [5.74, 6) is -1.96. The number of rotatable bonds is 3. The van der Waals surface area contributed by atoms with Crippen molar-refractivity contribution in [3.8, 4) is 0 Å². The summed E-state index contributed by atoms with van der Waals surface area (Å²) in [7, 11) is 0. The van der Waals surface area contributed by atoms with Crippen molar-refractivity contribution < 1.29 is 19.0 Å². The number of nitrogens with one attached hydrogen (secondary N) is 1. The number of hydrogen-bond donors (Lipinski definition) is 2. The number of aromatic carboxylic acids is 1. The van der Waals surface area contributed by atoms with E-state index in [1.165, 1.54) is 12.1 Å². The van der Waals surface area contributed by atoms with E-state index in [4.69, 9.17) is 9.84 Å². The molecule has 1 aliphatic rings. The van der Waals surface area contributed by atoms with Crippen molar-refractivity contribution in [3.63, 3.8) is 0 Å². The Morgan fingerprint density at radius 2 is 2.22 bits per heavy atom. The van der Waals surface area contributed by atoms with Crippen LogP contribution in [0.3, 0.4) is 0 Å². The van der Waals surface area contributed by atoms with Gasteiger partial charge in [-0.05, 0) is 37.5 Å². The number of carboxylic acid groups (broad SMARTS) is 1. The highest BCUT2D eigenvalue weighted by Gasteiger charge is 2.15. The summed E-state index contributed by atoms with van der Waals surface area (Å²) >= 11 is 0. The van der Waals surface area contributed by atoms with Gasteiger partial charge in [0.15, 0.2) is 0 Å². The zero-order valence-corrected chi connectivity index (χ0v) is 9.99. The molecule has 0 aromatic heterocycles. The van der Waals surface area contributed by atoms with Gasteiger partial charge in [0, 0.05) is 24.9 Å². The fourth-order valence-electron chi connectivity index (χ4n) is 2.06. The van der Waals surface area contributed by atoms with Crippen molar-refractivity contribution in [1.29, 1.82) is 0 Å². The smallest absolute Gasteiger partial charge is 0.338 e. The maximum Gasteiger partial charge on any atom is 0.338 e. The molecule has 0 aliphatic carbocycles. The van der Waals surface area contributed by atoms with Crippen LogP contribution in [0.15, 0.2) is 18.2 Å². The molecular formula is C13H16FNO3. The second-order valence-electron chi connectivity index (χ2n) is 4.38. The molecule has 98 valence electrons. The summed E-state index contributed by atoms with van der Waals surface area (Å²) in [5.41, 5.74) is 0.338. The summed E-state index contributed by atoms with van der Waals surface area (Å²) in [6, 6.07) is 4.33. The van der Waals surface area contributed by atoms with Crippen LogP contribution in [0, 0.1) is 5.82 Å². The summed E-state index contributed by atoms with van der Waals surface area (Å²) < 4.78 is 18.6. The van der Waals surface area contributed by atoms with Gasteiger partial charge in [0.05, 0.1) is 5.56 Å². The third kappa shape index (κ3) is 3.20. The van der Waals surface area contributed by atoms with E-state index in [9.17, 15) is 9.18 Å². The van der Waals surface area contributed by atoms with Crippen molar-refractivity contribution in [2.75, 3.05) is 18.5 Å². The summed E-state index contributed by atoms with van der Waals surface area (Å²) in [6.07, 6.45) is 2.82. The lowest BCUT2D eigenvalue weighted by molar-refractivity contribution is 0.0692. The molecule has 1 fully saturated rings. The molecule has 1 saturated heterocycles. The van der Waals surface area contributed by atoms with E-state index < -0.39 is 11.8 Å². The first kappa shape index (κ1) is 12.8. The molecule has 1 aliphatic heterocycles. The molecule has 1 heterocycles. The minimum absolute atomic E-state index is 0.250. The van der Waals surface area contributed by atoms with Crippen molar-refractivity contribution in [1.82, 2.24) is 0 Å². The molecule has 18 heavy (non-hydrogen) atoms. The molecule has 4 nitrogen and oxygen atoms in total. The van der Waals surface area contributed by atoms with Gasteiger partial charge in [0.25, 0.3) is 0 Å². The molecule has 0 amide bonds. The van der Waals surface area contributed by atoms with E-state index in [1.54, 1.807) is 6.07 Å². The van der Waals surface area contributed by atoms with Crippen LogP contribution in [0.1, 0.15) is 29.6 Å². The molecule has 2 N–H and O–H groups in total. The molecule has 1 unspecified atom stereocenters. The molecule has 0 bridgehead atoms. The second-order valence-corrected chi connectivity index (χ2v) is 4.38. The largest absolute Gasteiger partial charge is 0.478 e. The van der Waals surface area contributed by atoms with E-state index >= 15 is 0 Å². The highest BCUT2D eigenvalue weighted by atomic mass is 19.1. The lowest BCUT2D eigenvalue weighted by Gasteiger charge is -2.17. The number of benzene rings is 1. The SMILES string of the molecule is O=C(O)c1cc(NC2CCCOCC2)ccc1F. The Kier molecular flexibility index (Phi) is 4.15. The maximum absolute atomic E-state index is 13.2. The Morgan fingerprint density at radius 3 is 3.00 bits per heavy atom. The lowest BCUT2D eigenvalue weighted by atomic mass is 10.1. The lowest BCUT2D eigenvalue weighted by Crippen LogP contribution is -2.19. The minimum atomic E-state index is -1.25. The predicted molar refractivity (Wildman–Crippen MR) is 65.4 cm³/mol. The molecule has 1 atom stereocenters. The first-order chi connectivity index (χ1) is 8.66. The zero-order valence-electron chi connectivity index (χ0n) is 9.99. The fraction of sp³-hybridized carbons (Fsp3) is 0.462. The van der Waals surface area contributed by atoms with Gasteiger partial charge in [0.2, 0.25) is 0 Å². The van der Waals surface area contributed by atoms with E-state index in [-0.39, 0.29) is 11.6 Å². The van der Waals surface area contributed by atoms with E-state index in [1.807, 2.05) is 0 Å². The number of hydrogen-bond acceptors (Lipinski definition) is 3. The number of anilines is 1. The van der Waals surface area contributed by atoms with Crippen LogP contribution in [0.4, 0.5) is 10.1 Å². The molecule has 1 aromatic carbocycles. The summed E-state index contributed by atoms with van der Waals surface area (Å²) in [5, 5.41) is 12.1. The van der Waals surface area contributed by atoms with Gasteiger partial charge in [-0.1, -0.05) is 0 Å². The maximum atomic E-state index is 13.2. The Balaban J connectivity index is 2.08. The summed E-state index contributed by atoms with van der Waals surface area (Å²) in [6.45, 7) is 1.46. The van der Waals surface area contributed by atoms with Crippen LogP contribution in [0.2, 0.25) is 0 Å². The molecule has 0 spiro atoms. The van der Waals surface area contributed by atoms with Gasteiger partial charge in [-0.2, -0.15) is 0 Å². The fourth-order valence-corrected chi connectivity index (χ4v) is 2.06.